The molecule has 0 spiro atoms. The van der Waals surface area contributed by atoms with Gasteiger partial charge in [-0.1, -0.05) is 36.7 Å². The topological polar surface area (TPSA) is 3.24 Å². The fraction of sp³-hybridized carbons (Fsp3) is 0.500. The number of piperidine rings is 1. The lowest BCUT2D eigenvalue weighted by molar-refractivity contribution is 0.222. The summed E-state index contributed by atoms with van der Waals surface area (Å²) >= 11 is 6.11. The van der Waals surface area contributed by atoms with Crippen molar-refractivity contribution < 1.29 is 0 Å². The maximum absolute atomic E-state index is 6.11. The molecule has 1 unspecified atom stereocenters. The maximum Gasteiger partial charge on any atom is 0.0412 e. The summed E-state index contributed by atoms with van der Waals surface area (Å²) in [4.78, 5) is 2.56. The maximum atomic E-state index is 6.11. The Bertz CT molecular complexity index is 425. The number of benzene rings is 1. The quantitative estimate of drug-likeness (QED) is 0.745. The molecule has 0 aromatic heterocycles. The molecular formula is C16H22ClN. The van der Waals surface area contributed by atoms with E-state index < -0.39 is 0 Å². The van der Waals surface area contributed by atoms with E-state index in [1.54, 1.807) is 0 Å². The van der Waals surface area contributed by atoms with Crippen LogP contribution >= 0.6 is 11.6 Å². The highest BCUT2D eigenvalue weighted by Gasteiger charge is 2.23. The lowest BCUT2D eigenvalue weighted by atomic mass is 9.97. The van der Waals surface area contributed by atoms with Gasteiger partial charge in [0.25, 0.3) is 0 Å². The van der Waals surface area contributed by atoms with Crippen molar-refractivity contribution in [2.45, 2.75) is 45.6 Å². The van der Waals surface area contributed by atoms with Gasteiger partial charge in [0.1, 0.15) is 0 Å². The van der Waals surface area contributed by atoms with Crippen LogP contribution in [0.25, 0.3) is 5.70 Å². The Labute approximate surface area is 115 Å². The van der Waals surface area contributed by atoms with Crippen LogP contribution in [0.2, 0.25) is 5.02 Å². The van der Waals surface area contributed by atoms with E-state index in [1.165, 1.54) is 43.5 Å². The Morgan fingerprint density at radius 1 is 1.44 bits per heavy atom. The van der Waals surface area contributed by atoms with Crippen molar-refractivity contribution in [2.24, 2.45) is 0 Å². The molecule has 1 aliphatic rings. The van der Waals surface area contributed by atoms with Crippen LogP contribution in [-0.2, 0) is 0 Å². The van der Waals surface area contributed by atoms with Crippen LogP contribution in [0.5, 0.6) is 0 Å². The molecule has 0 N–H and O–H groups in total. The average molecular weight is 264 g/mol. The van der Waals surface area contributed by atoms with E-state index in [9.17, 15) is 0 Å². The largest absolute Gasteiger partial charge is 0.368 e. The molecule has 0 amide bonds. The first-order valence-corrected chi connectivity index (χ1v) is 7.33. The second-order valence-corrected chi connectivity index (χ2v) is 5.37. The van der Waals surface area contributed by atoms with Crippen LogP contribution in [0.4, 0.5) is 0 Å². The summed E-state index contributed by atoms with van der Waals surface area (Å²) in [6.07, 6.45) is 7.42. The number of hydrogen-bond acceptors (Lipinski definition) is 1. The molecule has 98 valence electrons. The molecule has 1 aliphatic heterocycles. The van der Waals surface area contributed by atoms with E-state index in [4.69, 9.17) is 11.6 Å². The van der Waals surface area contributed by atoms with Gasteiger partial charge in [-0.25, -0.2) is 0 Å². The second kappa shape index (κ2) is 6.29. The van der Waals surface area contributed by atoms with Crippen molar-refractivity contribution in [1.82, 2.24) is 4.90 Å². The molecular weight excluding hydrogens is 242 g/mol. The van der Waals surface area contributed by atoms with Gasteiger partial charge < -0.3 is 4.90 Å². The zero-order valence-electron chi connectivity index (χ0n) is 11.3. The van der Waals surface area contributed by atoms with Crippen molar-refractivity contribution in [1.29, 1.82) is 0 Å². The molecule has 18 heavy (non-hydrogen) atoms. The summed E-state index contributed by atoms with van der Waals surface area (Å²) in [5, 5.41) is 0.817. The summed E-state index contributed by atoms with van der Waals surface area (Å²) in [5.41, 5.74) is 2.58. The van der Waals surface area contributed by atoms with Gasteiger partial charge in [0.15, 0.2) is 0 Å². The normalized spacial score (nSPS) is 21.2. The van der Waals surface area contributed by atoms with Crippen LogP contribution in [0.1, 0.15) is 45.1 Å². The zero-order chi connectivity index (χ0) is 13.0. The van der Waals surface area contributed by atoms with Crippen LogP contribution < -0.4 is 0 Å². The van der Waals surface area contributed by atoms with E-state index >= 15 is 0 Å². The van der Waals surface area contributed by atoms with Crippen molar-refractivity contribution >= 4 is 17.3 Å². The first kappa shape index (κ1) is 13.5. The molecule has 0 aliphatic carbocycles. The van der Waals surface area contributed by atoms with Crippen LogP contribution in [0.15, 0.2) is 30.3 Å². The molecule has 1 heterocycles. The molecule has 2 heteroatoms. The Morgan fingerprint density at radius 3 is 2.94 bits per heavy atom. The highest BCUT2D eigenvalue weighted by molar-refractivity contribution is 6.30. The van der Waals surface area contributed by atoms with Gasteiger partial charge in [0.05, 0.1) is 0 Å². The smallest absolute Gasteiger partial charge is 0.0412 e. The molecule has 2 rings (SSSR count). The fourth-order valence-corrected chi connectivity index (χ4v) is 3.08. The highest BCUT2D eigenvalue weighted by atomic mass is 35.5. The monoisotopic (exact) mass is 263 g/mol. The Morgan fingerprint density at radius 2 is 2.28 bits per heavy atom. The van der Waals surface area contributed by atoms with Crippen molar-refractivity contribution in [3.8, 4) is 0 Å². The van der Waals surface area contributed by atoms with Crippen LogP contribution in [0, 0.1) is 0 Å². The predicted octanol–water partition coefficient (Wildman–Crippen LogP) is 4.97. The second-order valence-electron chi connectivity index (χ2n) is 4.94. The van der Waals surface area contributed by atoms with E-state index in [1.807, 2.05) is 12.1 Å². The minimum Gasteiger partial charge on any atom is -0.368 e. The van der Waals surface area contributed by atoms with E-state index in [0.717, 1.165) is 5.02 Å². The Balaban J connectivity index is 2.27. The van der Waals surface area contributed by atoms with E-state index in [-0.39, 0.29) is 0 Å². The number of halogens is 1. The Hall–Kier alpha value is -0.950. The van der Waals surface area contributed by atoms with Gasteiger partial charge in [0.2, 0.25) is 0 Å². The number of likely N-dealkylation sites (tertiary alicyclic amines) is 1. The third-order valence-corrected chi connectivity index (χ3v) is 4.04. The minimum atomic E-state index is 0.684. The van der Waals surface area contributed by atoms with Crippen LogP contribution in [-0.4, -0.2) is 17.5 Å². The van der Waals surface area contributed by atoms with Crippen molar-refractivity contribution in [3.05, 3.63) is 40.9 Å². The van der Waals surface area contributed by atoms with Crippen molar-refractivity contribution in [3.63, 3.8) is 0 Å². The number of hydrogen-bond donors (Lipinski definition) is 0. The van der Waals surface area contributed by atoms with Crippen LogP contribution in [0.3, 0.4) is 0 Å². The third kappa shape index (κ3) is 2.89. The van der Waals surface area contributed by atoms with Gasteiger partial charge >= 0.3 is 0 Å². The van der Waals surface area contributed by atoms with E-state index in [0.29, 0.717) is 6.04 Å². The fourth-order valence-electron chi connectivity index (χ4n) is 2.89. The summed E-state index contributed by atoms with van der Waals surface area (Å²) in [6.45, 7) is 5.58. The first-order valence-electron chi connectivity index (χ1n) is 6.95. The molecule has 1 nitrogen and oxygen atoms in total. The molecule has 0 radical (unpaired) electrons. The minimum absolute atomic E-state index is 0.684. The first-order chi connectivity index (χ1) is 8.76. The summed E-state index contributed by atoms with van der Waals surface area (Å²) < 4.78 is 0. The van der Waals surface area contributed by atoms with Gasteiger partial charge in [-0.2, -0.15) is 0 Å². The number of nitrogens with zero attached hydrogens (tertiary/aromatic N) is 1. The lowest BCUT2D eigenvalue weighted by Gasteiger charge is -2.39. The molecule has 0 saturated carbocycles. The zero-order valence-corrected chi connectivity index (χ0v) is 12.1. The summed E-state index contributed by atoms with van der Waals surface area (Å²) in [5.74, 6) is 0. The van der Waals surface area contributed by atoms with Gasteiger partial charge in [-0.3, -0.25) is 0 Å². The molecule has 1 aromatic rings. The van der Waals surface area contributed by atoms with Gasteiger partial charge in [-0.05, 0) is 50.3 Å². The van der Waals surface area contributed by atoms with Crippen molar-refractivity contribution in [2.75, 3.05) is 6.54 Å². The highest BCUT2D eigenvalue weighted by Crippen LogP contribution is 2.30. The van der Waals surface area contributed by atoms with E-state index in [2.05, 4.69) is 37.0 Å². The third-order valence-electron chi connectivity index (χ3n) is 3.80. The standard InChI is InChI=1S/C16H22ClN/c1-3-15-10-5-6-11-18(15)16(4-2)13-8-7-9-14(17)12-13/h4,7-9,12,15H,3,5-6,10-11H2,1-2H3. The molecule has 0 bridgehead atoms. The SMILES string of the molecule is CC=C(c1cccc(Cl)c1)N1CCCCC1CC. The van der Waals surface area contributed by atoms with Gasteiger partial charge in [0, 0.05) is 23.3 Å². The number of rotatable bonds is 3. The lowest BCUT2D eigenvalue weighted by Crippen LogP contribution is -2.37. The predicted molar refractivity (Wildman–Crippen MR) is 79.7 cm³/mol. The molecule has 1 saturated heterocycles. The molecule has 1 atom stereocenters. The number of allylic oxidation sites excluding steroid dienone is 1. The average Bonchev–Trinajstić information content (AvgIpc) is 2.40. The summed E-state index contributed by atoms with van der Waals surface area (Å²) in [7, 11) is 0. The summed E-state index contributed by atoms with van der Waals surface area (Å²) in [6, 6.07) is 8.88. The molecule has 1 fully saturated rings. The molecule has 1 aromatic carbocycles. The Kier molecular flexibility index (Phi) is 4.71. The van der Waals surface area contributed by atoms with Gasteiger partial charge in [-0.15, -0.1) is 0 Å².